The maximum Gasteiger partial charge on any atom is 0.195 e. The highest BCUT2D eigenvalue weighted by Gasteiger charge is 2.23. The van der Waals surface area contributed by atoms with Crippen LogP contribution in [0.5, 0.6) is 0 Å². The van der Waals surface area contributed by atoms with Crippen LogP contribution in [-0.4, -0.2) is 86.7 Å². The van der Waals surface area contributed by atoms with Gasteiger partial charge in [-0.05, 0) is 11.6 Å². The number of guanidine groups is 1. The van der Waals surface area contributed by atoms with Gasteiger partial charge >= 0.3 is 0 Å². The van der Waals surface area contributed by atoms with Crippen molar-refractivity contribution in [3.05, 3.63) is 30.1 Å². The van der Waals surface area contributed by atoms with Gasteiger partial charge in [-0.2, -0.15) is 0 Å². The average molecular weight is 433 g/mol. The lowest BCUT2D eigenvalue weighted by Gasteiger charge is -2.34. The number of morpholine rings is 1. The number of pyridine rings is 1. The van der Waals surface area contributed by atoms with Crippen LogP contribution in [0.15, 0.2) is 29.5 Å². The third kappa shape index (κ3) is 5.89. The first-order chi connectivity index (χ1) is 10.6. The lowest BCUT2D eigenvalue weighted by atomic mass is 10.1. The summed E-state index contributed by atoms with van der Waals surface area (Å²) in [7, 11) is 8.08. The summed E-state index contributed by atoms with van der Waals surface area (Å²) in [5.74, 6) is 0.974. The first-order valence-electron chi connectivity index (χ1n) is 7.70. The highest BCUT2D eigenvalue weighted by Crippen LogP contribution is 2.21. The number of nitrogens with zero attached hydrogens (tertiary/aromatic N) is 5. The molecule has 1 unspecified atom stereocenters. The van der Waals surface area contributed by atoms with Crippen molar-refractivity contribution < 1.29 is 4.74 Å². The van der Waals surface area contributed by atoms with Gasteiger partial charge in [0.2, 0.25) is 0 Å². The zero-order valence-corrected chi connectivity index (χ0v) is 16.8. The largest absolute Gasteiger partial charge is 0.379 e. The number of rotatable bonds is 4. The summed E-state index contributed by atoms with van der Waals surface area (Å²) < 4.78 is 5.48. The van der Waals surface area contributed by atoms with Crippen molar-refractivity contribution in [2.75, 3.05) is 61.0 Å². The van der Waals surface area contributed by atoms with Gasteiger partial charge in [0.05, 0.1) is 25.8 Å². The van der Waals surface area contributed by atoms with Gasteiger partial charge in [0.15, 0.2) is 5.96 Å². The van der Waals surface area contributed by atoms with Crippen LogP contribution >= 0.6 is 24.0 Å². The van der Waals surface area contributed by atoms with Crippen LogP contribution in [0.2, 0.25) is 0 Å². The van der Waals surface area contributed by atoms with Crippen molar-refractivity contribution in [1.29, 1.82) is 0 Å². The number of hydrogen-bond donors (Lipinski definition) is 0. The number of ether oxygens (including phenoxy) is 1. The summed E-state index contributed by atoms with van der Waals surface area (Å²) in [6.45, 7) is 4.17. The molecule has 0 amide bonds. The molecule has 1 saturated heterocycles. The van der Waals surface area contributed by atoms with E-state index in [9.17, 15) is 0 Å². The molecule has 0 saturated carbocycles. The summed E-state index contributed by atoms with van der Waals surface area (Å²) >= 11 is 0. The normalized spacial score (nSPS) is 16.2. The molecule has 0 bridgehead atoms. The van der Waals surface area contributed by atoms with Gasteiger partial charge in [0, 0.05) is 53.7 Å². The lowest BCUT2D eigenvalue weighted by Crippen LogP contribution is -2.41. The minimum absolute atomic E-state index is 0. The van der Waals surface area contributed by atoms with E-state index >= 15 is 0 Å². The van der Waals surface area contributed by atoms with Gasteiger partial charge in [-0.3, -0.25) is 14.9 Å². The van der Waals surface area contributed by atoms with Gasteiger partial charge in [0.1, 0.15) is 0 Å². The van der Waals surface area contributed by atoms with E-state index in [2.05, 4.69) is 16.0 Å². The highest BCUT2D eigenvalue weighted by molar-refractivity contribution is 14.0. The monoisotopic (exact) mass is 433 g/mol. The molecule has 1 aliphatic heterocycles. The van der Waals surface area contributed by atoms with E-state index in [0.717, 1.165) is 38.8 Å². The predicted octanol–water partition coefficient (Wildman–Crippen LogP) is 1.55. The molecule has 2 rings (SSSR count). The Bertz CT molecular complexity index is 465. The Kier molecular flexibility index (Phi) is 8.78. The van der Waals surface area contributed by atoms with Gasteiger partial charge in [0.25, 0.3) is 0 Å². The molecule has 1 aromatic heterocycles. The summed E-state index contributed by atoms with van der Waals surface area (Å²) in [4.78, 5) is 15.6. The molecule has 0 N–H and O–H groups in total. The Labute approximate surface area is 156 Å². The quantitative estimate of drug-likeness (QED) is 0.410. The highest BCUT2D eigenvalue weighted by atomic mass is 127. The fraction of sp³-hybridized carbons (Fsp3) is 0.625. The zero-order chi connectivity index (χ0) is 15.9. The standard InChI is InChI=1S/C16H27N5O.HI/c1-19(2)16(20(3)4)18-13-15(14-6-5-7-17-12-14)21-8-10-22-11-9-21;/h5-7,12,15H,8-11,13H2,1-4H3;1H. The van der Waals surface area contributed by atoms with Crippen molar-refractivity contribution in [1.82, 2.24) is 19.7 Å². The van der Waals surface area contributed by atoms with Gasteiger partial charge in [-0.25, -0.2) is 0 Å². The predicted molar refractivity (Wildman–Crippen MR) is 104 cm³/mol. The van der Waals surface area contributed by atoms with E-state index in [0.29, 0.717) is 0 Å². The molecule has 0 aliphatic carbocycles. The molecular weight excluding hydrogens is 405 g/mol. The molecule has 0 aromatic carbocycles. The molecule has 0 radical (unpaired) electrons. The topological polar surface area (TPSA) is 44.2 Å². The second-order valence-corrected chi connectivity index (χ2v) is 5.88. The molecule has 1 atom stereocenters. The Morgan fingerprint density at radius 3 is 2.43 bits per heavy atom. The molecule has 1 aliphatic rings. The first kappa shape index (κ1) is 20.1. The molecule has 2 heterocycles. The minimum atomic E-state index is 0. The molecular formula is C16H28IN5O. The maximum atomic E-state index is 5.48. The van der Waals surface area contributed by atoms with E-state index in [1.165, 1.54) is 5.56 Å². The Hall–Kier alpha value is -0.930. The van der Waals surface area contributed by atoms with E-state index in [-0.39, 0.29) is 30.0 Å². The van der Waals surface area contributed by atoms with E-state index in [4.69, 9.17) is 9.73 Å². The minimum Gasteiger partial charge on any atom is -0.379 e. The molecule has 6 nitrogen and oxygen atoms in total. The van der Waals surface area contributed by atoms with Crippen molar-refractivity contribution in [3.63, 3.8) is 0 Å². The van der Waals surface area contributed by atoms with Gasteiger partial charge in [-0.15, -0.1) is 24.0 Å². The van der Waals surface area contributed by atoms with Crippen LogP contribution in [0.1, 0.15) is 11.6 Å². The maximum absolute atomic E-state index is 5.48. The fourth-order valence-corrected chi connectivity index (χ4v) is 2.74. The van der Waals surface area contributed by atoms with Crippen LogP contribution < -0.4 is 0 Å². The van der Waals surface area contributed by atoms with Gasteiger partial charge < -0.3 is 14.5 Å². The van der Waals surface area contributed by atoms with Crippen LogP contribution in [0.3, 0.4) is 0 Å². The molecule has 23 heavy (non-hydrogen) atoms. The van der Waals surface area contributed by atoms with Crippen LogP contribution in [-0.2, 0) is 4.74 Å². The average Bonchev–Trinajstić information content (AvgIpc) is 2.52. The number of halogens is 1. The Balaban J connectivity index is 0.00000264. The summed E-state index contributed by atoms with van der Waals surface area (Å²) in [5.41, 5.74) is 1.21. The molecule has 130 valence electrons. The zero-order valence-electron chi connectivity index (χ0n) is 14.5. The van der Waals surface area contributed by atoms with Crippen molar-refractivity contribution in [2.45, 2.75) is 6.04 Å². The molecule has 1 fully saturated rings. The van der Waals surface area contributed by atoms with E-state index in [1.54, 1.807) is 0 Å². The second kappa shape index (κ2) is 10.0. The number of hydrogen-bond acceptors (Lipinski definition) is 4. The third-order valence-electron chi connectivity index (χ3n) is 3.76. The first-order valence-corrected chi connectivity index (χ1v) is 7.70. The number of aliphatic imine (C=N–C) groups is 1. The van der Waals surface area contributed by atoms with Gasteiger partial charge in [-0.1, -0.05) is 6.07 Å². The fourth-order valence-electron chi connectivity index (χ4n) is 2.74. The van der Waals surface area contributed by atoms with Crippen molar-refractivity contribution in [2.24, 2.45) is 4.99 Å². The Morgan fingerprint density at radius 2 is 1.91 bits per heavy atom. The van der Waals surface area contributed by atoms with Crippen LogP contribution in [0.4, 0.5) is 0 Å². The smallest absolute Gasteiger partial charge is 0.195 e. The summed E-state index contributed by atoms with van der Waals surface area (Å²) in [5, 5.41) is 0. The van der Waals surface area contributed by atoms with E-state index in [1.807, 2.05) is 56.5 Å². The van der Waals surface area contributed by atoms with E-state index < -0.39 is 0 Å². The molecule has 7 heteroatoms. The Morgan fingerprint density at radius 1 is 1.26 bits per heavy atom. The van der Waals surface area contributed by atoms with Crippen molar-refractivity contribution in [3.8, 4) is 0 Å². The third-order valence-corrected chi connectivity index (χ3v) is 3.76. The summed E-state index contributed by atoms with van der Waals surface area (Å²) in [6.07, 6.45) is 3.76. The molecule has 1 aromatic rings. The van der Waals surface area contributed by atoms with Crippen molar-refractivity contribution >= 4 is 29.9 Å². The van der Waals surface area contributed by atoms with Crippen LogP contribution in [0, 0.1) is 0 Å². The SMILES string of the molecule is CN(C)C(=NCC(c1cccnc1)N1CCOCC1)N(C)C.I. The summed E-state index contributed by atoms with van der Waals surface area (Å²) in [6, 6.07) is 4.37. The second-order valence-electron chi connectivity index (χ2n) is 5.88. The number of aromatic nitrogens is 1. The molecule has 0 spiro atoms. The van der Waals surface area contributed by atoms with Crippen LogP contribution in [0.25, 0.3) is 0 Å². The lowest BCUT2D eigenvalue weighted by molar-refractivity contribution is 0.0178.